The van der Waals surface area contributed by atoms with Crippen molar-refractivity contribution in [1.29, 1.82) is 0 Å². The molecule has 0 aromatic heterocycles. The molecule has 0 unspecified atom stereocenters. The van der Waals surface area contributed by atoms with Gasteiger partial charge in [0, 0.05) is 31.7 Å². The second-order valence-corrected chi connectivity index (χ2v) is 5.32. The zero-order chi connectivity index (χ0) is 11.9. The third-order valence-corrected chi connectivity index (χ3v) is 3.98. The van der Waals surface area contributed by atoms with E-state index in [-0.39, 0.29) is 0 Å². The van der Waals surface area contributed by atoms with Crippen molar-refractivity contribution in [1.82, 2.24) is 0 Å². The molecule has 1 aromatic carbocycles. The fourth-order valence-corrected chi connectivity index (χ4v) is 2.37. The quantitative estimate of drug-likeness (QED) is 0.844. The van der Waals surface area contributed by atoms with Crippen LogP contribution in [0, 0.1) is 13.8 Å². The summed E-state index contributed by atoms with van der Waals surface area (Å²) >= 11 is 0. The molecular formula is C14H22N2. The van der Waals surface area contributed by atoms with Gasteiger partial charge in [-0.05, 0) is 49.4 Å². The molecule has 0 bridgehead atoms. The number of hydrogen-bond acceptors (Lipinski definition) is 2. The lowest BCUT2D eigenvalue weighted by Crippen LogP contribution is -2.21. The lowest BCUT2D eigenvalue weighted by Gasteiger charge is -2.22. The van der Waals surface area contributed by atoms with Gasteiger partial charge in [0.05, 0.1) is 0 Å². The van der Waals surface area contributed by atoms with Gasteiger partial charge in [0.15, 0.2) is 0 Å². The van der Waals surface area contributed by atoms with Crippen molar-refractivity contribution in [2.24, 2.45) is 5.73 Å². The Morgan fingerprint density at radius 3 is 2.31 bits per heavy atom. The summed E-state index contributed by atoms with van der Waals surface area (Å²) in [6, 6.07) is 4.64. The van der Waals surface area contributed by atoms with Gasteiger partial charge >= 0.3 is 0 Å². The van der Waals surface area contributed by atoms with E-state index in [0.717, 1.165) is 6.54 Å². The molecule has 2 heteroatoms. The van der Waals surface area contributed by atoms with E-state index in [1.165, 1.54) is 35.2 Å². The van der Waals surface area contributed by atoms with Gasteiger partial charge in [0.1, 0.15) is 0 Å². The number of nitrogens with two attached hydrogens (primary N) is 1. The van der Waals surface area contributed by atoms with Crippen molar-refractivity contribution >= 4 is 5.69 Å². The van der Waals surface area contributed by atoms with Gasteiger partial charge < -0.3 is 10.6 Å². The van der Waals surface area contributed by atoms with Crippen molar-refractivity contribution in [3.63, 3.8) is 0 Å². The van der Waals surface area contributed by atoms with Crippen LogP contribution < -0.4 is 10.6 Å². The van der Waals surface area contributed by atoms with E-state index >= 15 is 0 Å². The van der Waals surface area contributed by atoms with Crippen molar-refractivity contribution in [2.45, 2.75) is 32.1 Å². The minimum Gasteiger partial charge on any atom is -0.377 e. The zero-order valence-electron chi connectivity index (χ0n) is 10.8. The molecule has 16 heavy (non-hydrogen) atoms. The summed E-state index contributed by atoms with van der Waals surface area (Å²) in [7, 11) is 4.21. The Morgan fingerprint density at radius 2 is 1.88 bits per heavy atom. The van der Waals surface area contributed by atoms with E-state index in [2.05, 4.69) is 45.0 Å². The number of anilines is 1. The Morgan fingerprint density at radius 1 is 1.25 bits per heavy atom. The molecule has 88 valence electrons. The molecular weight excluding hydrogens is 196 g/mol. The van der Waals surface area contributed by atoms with E-state index in [9.17, 15) is 0 Å². The van der Waals surface area contributed by atoms with Crippen molar-refractivity contribution in [3.05, 3.63) is 28.8 Å². The first kappa shape index (κ1) is 11.5. The van der Waals surface area contributed by atoms with E-state index in [4.69, 9.17) is 5.73 Å². The maximum absolute atomic E-state index is 5.90. The number of aryl methyl sites for hydroxylation is 1. The molecule has 0 heterocycles. The molecule has 0 spiro atoms. The van der Waals surface area contributed by atoms with Gasteiger partial charge in [-0.3, -0.25) is 0 Å². The third-order valence-electron chi connectivity index (χ3n) is 3.98. The molecule has 0 aliphatic heterocycles. The van der Waals surface area contributed by atoms with Crippen LogP contribution in [0.1, 0.15) is 29.5 Å². The second kappa shape index (κ2) is 3.77. The van der Waals surface area contributed by atoms with Gasteiger partial charge in [-0.25, -0.2) is 0 Å². The van der Waals surface area contributed by atoms with E-state index < -0.39 is 0 Å². The average molecular weight is 218 g/mol. The Balaban J connectivity index is 2.49. The first-order valence-corrected chi connectivity index (χ1v) is 5.99. The summed E-state index contributed by atoms with van der Waals surface area (Å²) in [4.78, 5) is 2.19. The minimum absolute atomic E-state index is 0.295. The predicted octanol–water partition coefficient (Wildman–Crippen LogP) is 2.36. The monoisotopic (exact) mass is 218 g/mol. The normalized spacial score (nSPS) is 17.3. The molecule has 1 aliphatic rings. The summed E-state index contributed by atoms with van der Waals surface area (Å²) in [5.41, 5.74) is 11.7. The predicted molar refractivity (Wildman–Crippen MR) is 70.2 cm³/mol. The highest BCUT2D eigenvalue weighted by atomic mass is 15.1. The number of nitrogens with zero attached hydrogens (tertiary/aromatic N) is 1. The first-order valence-electron chi connectivity index (χ1n) is 5.99. The van der Waals surface area contributed by atoms with Crippen LogP contribution in [-0.4, -0.2) is 20.6 Å². The maximum atomic E-state index is 5.90. The van der Waals surface area contributed by atoms with E-state index in [1.54, 1.807) is 0 Å². The van der Waals surface area contributed by atoms with Crippen molar-refractivity contribution in [3.8, 4) is 0 Å². The molecule has 2 nitrogen and oxygen atoms in total. The van der Waals surface area contributed by atoms with Crippen LogP contribution in [0.3, 0.4) is 0 Å². The van der Waals surface area contributed by atoms with E-state index in [1.807, 2.05) is 0 Å². The molecule has 1 fully saturated rings. The molecule has 0 atom stereocenters. The third kappa shape index (κ3) is 1.71. The van der Waals surface area contributed by atoms with Gasteiger partial charge in [0.2, 0.25) is 0 Å². The highest BCUT2D eigenvalue weighted by Gasteiger charge is 2.43. The van der Waals surface area contributed by atoms with Crippen LogP contribution in [0.25, 0.3) is 0 Å². The maximum Gasteiger partial charge on any atom is 0.0396 e. The van der Waals surface area contributed by atoms with E-state index in [0.29, 0.717) is 5.41 Å². The molecule has 0 amide bonds. The molecule has 0 radical (unpaired) electrons. The van der Waals surface area contributed by atoms with Crippen LogP contribution >= 0.6 is 0 Å². The summed E-state index contributed by atoms with van der Waals surface area (Å²) in [5.74, 6) is 0. The van der Waals surface area contributed by atoms with Crippen LogP contribution in [0.5, 0.6) is 0 Å². The van der Waals surface area contributed by atoms with Crippen molar-refractivity contribution in [2.75, 3.05) is 25.5 Å². The number of rotatable bonds is 3. The lowest BCUT2D eigenvalue weighted by molar-refractivity contribution is 0.703. The first-order chi connectivity index (χ1) is 7.50. The summed E-state index contributed by atoms with van der Waals surface area (Å²) in [6.45, 7) is 5.16. The lowest BCUT2D eigenvalue weighted by atomic mass is 9.92. The van der Waals surface area contributed by atoms with Gasteiger partial charge in [-0.15, -0.1) is 0 Å². The zero-order valence-corrected chi connectivity index (χ0v) is 10.8. The Labute approximate surface area is 98.4 Å². The van der Waals surface area contributed by atoms with Gasteiger partial charge in [-0.1, -0.05) is 6.07 Å². The molecule has 1 aliphatic carbocycles. The number of benzene rings is 1. The Bertz CT molecular complexity index is 403. The van der Waals surface area contributed by atoms with Gasteiger partial charge in [0.25, 0.3) is 0 Å². The Kier molecular flexibility index (Phi) is 2.70. The van der Waals surface area contributed by atoms with Crippen LogP contribution in [-0.2, 0) is 5.41 Å². The highest BCUT2D eigenvalue weighted by molar-refractivity contribution is 5.59. The fourth-order valence-electron chi connectivity index (χ4n) is 2.37. The topological polar surface area (TPSA) is 29.3 Å². The summed E-state index contributed by atoms with van der Waals surface area (Å²) in [6.07, 6.45) is 2.50. The standard InChI is InChI=1S/C14H22N2/c1-10-7-12(14(9-15)5-6-14)8-13(11(10)2)16(3)4/h7-8H,5-6,9,15H2,1-4H3. The summed E-state index contributed by atoms with van der Waals surface area (Å²) < 4.78 is 0. The molecule has 1 aromatic rings. The fraction of sp³-hybridized carbons (Fsp3) is 0.571. The second-order valence-electron chi connectivity index (χ2n) is 5.32. The SMILES string of the molecule is Cc1cc(C2(CN)CC2)cc(N(C)C)c1C. The van der Waals surface area contributed by atoms with Crippen LogP contribution in [0.4, 0.5) is 5.69 Å². The van der Waals surface area contributed by atoms with Crippen LogP contribution in [0.15, 0.2) is 12.1 Å². The smallest absolute Gasteiger partial charge is 0.0396 e. The Hall–Kier alpha value is -1.02. The largest absolute Gasteiger partial charge is 0.377 e. The molecule has 1 saturated carbocycles. The average Bonchev–Trinajstić information content (AvgIpc) is 3.02. The van der Waals surface area contributed by atoms with Crippen LogP contribution in [0.2, 0.25) is 0 Å². The summed E-state index contributed by atoms with van der Waals surface area (Å²) in [5, 5.41) is 0. The molecule has 0 saturated heterocycles. The molecule has 2 N–H and O–H groups in total. The minimum atomic E-state index is 0.295. The van der Waals surface area contributed by atoms with Crippen molar-refractivity contribution < 1.29 is 0 Å². The highest BCUT2D eigenvalue weighted by Crippen LogP contribution is 2.48. The van der Waals surface area contributed by atoms with Gasteiger partial charge in [-0.2, -0.15) is 0 Å². The number of hydrogen-bond donors (Lipinski definition) is 1. The molecule has 2 rings (SSSR count).